The summed E-state index contributed by atoms with van der Waals surface area (Å²) in [5, 5.41) is 0. The van der Waals surface area contributed by atoms with Gasteiger partial charge in [-0.2, -0.15) is 0 Å². The number of amides is 1. The lowest BCUT2D eigenvalue weighted by molar-refractivity contribution is -0.132. The van der Waals surface area contributed by atoms with E-state index in [1.165, 1.54) is 58.3 Å². The number of rotatable bonds is 15. The Balaban J connectivity index is 2.30. The van der Waals surface area contributed by atoms with E-state index in [0.717, 1.165) is 19.3 Å². The average molecular weight is 381 g/mol. The second-order valence-electron chi connectivity index (χ2n) is 7.01. The Bertz CT molecular complexity index is 542. The van der Waals surface area contributed by atoms with Gasteiger partial charge in [-0.05, 0) is 12.8 Å². The molecule has 0 aliphatic rings. The van der Waals surface area contributed by atoms with E-state index in [0.29, 0.717) is 25.4 Å². The zero-order chi connectivity index (χ0) is 19.9. The standard InChI is InChI=1S/C21H36N2O4/c1-4-6-7-8-9-10-11-12-13-14-20(24)23(15-5-2)16-19-22-18(17-27-19)21(25)26-3/h17H,4-16H2,1-3H3. The van der Waals surface area contributed by atoms with Crippen LogP contribution in [0.25, 0.3) is 0 Å². The number of aromatic nitrogens is 1. The molecule has 0 bridgehead atoms. The SMILES string of the molecule is CCCCCCCCCCCC(=O)N(CCC)Cc1nc(C(=O)OC)co1. The quantitative estimate of drug-likeness (QED) is 0.312. The molecule has 0 spiro atoms. The van der Waals surface area contributed by atoms with E-state index in [1.54, 1.807) is 4.90 Å². The number of nitrogens with zero attached hydrogens (tertiary/aromatic N) is 2. The van der Waals surface area contributed by atoms with Crippen molar-refractivity contribution in [1.29, 1.82) is 0 Å². The minimum Gasteiger partial charge on any atom is -0.464 e. The minimum atomic E-state index is -0.534. The third kappa shape index (κ3) is 9.59. The second-order valence-corrected chi connectivity index (χ2v) is 7.01. The summed E-state index contributed by atoms with van der Waals surface area (Å²) in [4.78, 5) is 29.8. The van der Waals surface area contributed by atoms with Crippen molar-refractivity contribution in [1.82, 2.24) is 9.88 Å². The lowest BCUT2D eigenvalue weighted by Crippen LogP contribution is -2.31. The summed E-state index contributed by atoms with van der Waals surface area (Å²) >= 11 is 0. The van der Waals surface area contributed by atoms with Gasteiger partial charge in [-0.3, -0.25) is 4.79 Å². The number of oxazole rings is 1. The predicted molar refractivity (Wildman–Crippen MR) is 105 cm³/mol. The van der Waals surface area contributed by atoms with Gasteiger partial charge in [-0.1, -0.05) is 65.2 Å². The minimum absolute atomic E-state index is 0.123. The summed E-state index contributed by atoms with van der Waals surface area (Å²) < 4.78 is 9.93. The Morgan fingerprint density at radius 3 is 2.22 bits per heavy atom. The first-order valence-electron chi connectivity index (χ1n) is 10.4. The Morgan fingerprint density at radius 2 is 1.63 bits per heavy atom. The highest BCUT2D eigenvalue weighted by Crippen LogP contribution is 2.13. The maximum absolute atomic E-state index is 12.5. The number of hydrogen-bond acceptors (Lipinski definition) is 5. The fourth-order valence-corrected chi connectivity index (χ4v) is 3.05. The van der Waals surface area contributed by atoms with Crippen molar-refractivity contribution in [3.63, 3.8) is 0 Å². The molecule has 1 rings (SSSR count). The number of methoxy groups -OCH3 is 1. The summed E-state index contributed by atoms with van der Waals surface area (Å²) in [5.74, 6) is -0.0463. The van der Waals surface area contributed by atoms with Gasteiger partial charge < -0.3 is 14.1 Å². The summed E-state index contributed by atoms with van der Waals surface area (Å²) in [7, 11) is 1.30. The molecular formula is C21H36N2O4. The molecule has 0 aliphatic heterocycles. The molecule has 0 aromatic carbocycles. The van der Waals surface area contributed by atoms with Gasteiger partial charge in [0.05, 0.1) is 13.7 Å². The highest BCUT2D eigenvalue weighted by atomic mass is 16.5. The highest BCUT2D eigenvalue weighted by Gasteiger charge is 2.18. The van der Waals surface area contributed by atoms with Crippen LogP contribution in [0.1, 0.15) is 101 Å². The maximum atomic E-state index is 12.5. The average Bonchev–Trinajstić information content (AvgIpc) is 3.14. The van der Waals surface area contributed by atoms with Crippen LogP contribution < -0.4 is 0 Å². The number of ether oxygens (including phenoxy) is 1. The molecule has 1 aromatic heterocycles. The largest absolute Gasteiger partial charge is 0.464 e. The van der Waals surface area contributed by atoms with Crippen molar-refractivity contribution >= 4 is 11.9 Å². The Morgan fingerprint density at radius 1 is 1.00 bits per heavy atom. The molecule has 0 saturated carbocycles. The van der Waals surface area contributed by atoms with Gasteiger partial charge in [-0.25, -0.2) is 9.78 Å². The summed E-state index contributed by atoms with van der Waals surface area (Å²) in [6.45, 7) is 5.22. The number of carbonyl (C=O) groups is 2. The normalized spacial score (nSPS) is 10.8. The third-order valence-corrected chi connectivity index (χ3v) is 4.61. The van der Waals surface area contributed by atoms with E-state index < -0.39 is 5.97 Å². The molecule has 27 heavy (non-hydrogen) atoms. The first kappa shape index (κ1) is 23.2. The van der Waals surface area contributed by atoms with E-state index in [4.69, 9.17) is 4.42 Å². The molecule has 0 unspecified atom stereocenters. The van der Waals surface area contributed by atoms with Crippen molar-refractivity contribution in [3.8, 4) is 0 Å². The van der Waals surface area contributed by atoms with Crippen LogP contribution in [0.2, 0.25) is 0 Å². The van der Waals surface area contributed by atoms with Crippen molar-refractivity contribution in [2.75, 3.05) is 13.7 Å². The fraction of sp³-hybridized carbons (Fsp3) is 0.762. The number of carbonyl (C=O) groups excluding carboxylic acids is 2. The van der Waals surface area contributed by atoms with Gasteiger partial charge in [0.25, 0.3) is 0 Å². The van der Waals surface area contributed by atoms with Gasteiger partial charge in [-0.15, -0.1) is 0 Å². The molecule has 6 nitrogen and oxygen atoms in total. The van der Waals surface area contributed by atoms with Gasteiger partial charge in [0.2, 0.25) is 11.8 Å². The molecule has 0 saturated heterocycles. The molecule has 6 heteroatoms. The fourth-order valence-electron chi connectivity index (χ4n) is 3.05. The maximum Gasteiger partial charge on any atom is 0.360 e. The number of esters is 1. The topological polar surface area (TPSA) is 72.6 Å². The van der Waals surface area contributed by atoms with Crippen LogP contribution in [-0.2, 0) is 16.1 Å². The van der Waals surface area contributed by atoms with Crippen LogP contribution in [0.3, 0.4) is 0 Å². The predicted octanol–water partition coefficient (Wildman–Crippen LogP) is 5.12. The summed E-state index contributed by atoms with van der Waals surface area (Å²) in [5.41, 5.74) is 0.135. The number of unbranched alkanes of at least 4 members (excludes halogenated alkanes) is 8. The molecule has 1 aromatic rings. The molecule has 154 valence electrons. The number of hydrogen-bond donors (Lipinski definition) is 0. The summed E-state index contributed by atoms with van der Waals surface area (Å²) in [6.07, 6.45) is 13.8. The molecule has 0 aliphatic carbocycles. The van der Waals surface area contributed by atoms with Crippen molar-refractivity contribution < 1.29 is 18.7 Å². The molecule has 0 radical (unpaired) electrons. The van der Waals surface area contributed by atoms with Crippen LogP contribution in [0, 0.1) is 0 Å². The monoisotopic (exact) mass is 380 g/mol. The Labute approximate surface area is 163 Å². The van der Waals surface area contributed by atoms with E-state index in [1.807, 2.05) is 6.92 Å². The van der Waals surface area contributed by atoms with Gasteiger partial charge in [0.1, 0.15) is 6.26 Å². The van der Waals surface area contributed by atoms with Gasteiger partial charge in [0.15, 0.2) is 5.69 Å². The van der Waals surface area contributed by atoms with E-state index in [9.17, 15) is 9.59 Å². The van der Waals surface area contributed by atoms with Crippen molar-refractivity contribution in [2.24, 2.45) is 0 Å². The van der Waals surface area contributed by atoms with Crippen molar-refractivity contribution in [3.05, 3.63) is 17.8 Å². The van der Waals surface area contributed by atoms with Gasteiger partial charge >= 0.3 is 5.97 Å². The lowest BCUT2D eigenvalue weighted by atomic mass is 10.1. The smallest absolute Gasteiger partial charge is 0.360 e. The zero-order valence-electron chi connectivity index (χ0n) is 17.3. The zero-order valence-corrected chi connectivity index (χ0v) is 17.3. The molecule has 1 amide bonds. The van der Waals surface area contributed by atoms with Crippen LogP contribution in [0.15, 0.2) is 10.7 Å². The van der Waals surface area contributed by atoms with E-state index >= 15 is 0 Å². The molecule has 0 N–H and O–H groups in total. The van der Waals surface area contributed by atoms with E-state index in [2.05, 4.69) is 16.6 Å². The lowest BCUT2D eigenvalue weighted by Gasteiger charge is -2.20. The first-order chi connectivity index (χ1) is 13.1. The first-order valence-corrected chi connectivity index (χ1v) is 10.4. The second kappa shape index (κ2) is 14.2. The third-order valence-electron chi connectivity index (χ3n) is 4.61. The Hall–Kier alpha value is -1.85. The Kier molecular flexibility index (Phi) is 12.2. The van der Waals surface area contributed by atoms with Crippen LogP contribution in [0.4, 0.5) is 0 Å². The van der Waals surface area contributed by atoms with E-state index in [-0.39, 0.29) is 11.6 Å². The van der Waals surface area contributed by atoms with Gasteiger partial charge in [0, 0.05) is 13.0 Å². The van der Waals surface area contributed by atoms with Crippen LogP contribution >= 0.6 is 0 Å². The molecule has 0 atom stereocenters. The van der Waals surface area contributed by atoms with Crippen LogP contribution in [-0.4, -0.2) is 35.4 Å². The molecule has 1 heterocycles. The van der Waals surface area contributed by atoms with Crippen molar-refractivity contribution in [2.45, 2.75) is 91.0 Å². The summed E-state index contributed by atoms with van der Waals surface area (Å²) in [6, 6.07) is 0. The molecular weight excluding hydrogens is 344 g/mol. The van der Waals surface area contributed by atoms with Crippen LogP contribution in [0.5, 0.6) is 0 Å². The highest BCUT2D eigenvalue weighted by molar-refractivity contribution is 5.86. The molecule has 0 fully saturated rings.